The van der Waals surface area contributed by atoms with E-state index < -0.39 is 9.84 Å². The second-order valence-corrected chi connectivity index (χ2v) is 10.7. The number of benzene rings is 1. The van der Waals surface area contributed by atoms with Crippen LogP contribution in [0.2, 0.25) is 0 Å². The van der Waals surface area contributed by atoms with E-state index in [9.17, 15) is 8.42 Å². The summed E-state index contributed by atoms with van der Waals surface area (Å²) in [4.78, 5) is 6.66. The molecule has 1 aromatic heterocycles. The van der Waals surface area contributed by atoms with Gasteiger partial charge in [0.1, 0.15) is 0 Å². The number of rotatable bonds is 6. The Morgan fingerprint density at radius 2 is 2.08 bits per heavy atom. The number of aromatic nitrogens is 3. The van der Waals surface area contributed by atoms with E-state index in [4.69, 9.17) is 12.2 Å². The molecule has 0 radical (unpaired) electrons. The van der Waals surface area contributed by atoms with E-state index in [0.29, 0.717) is 29.6 Å². The predicted octanol–water partition coefficient (Wildman–Crippen LogP) is 3.47. The fourth-order valence-electron chi connectivity index (χ4n) is 3.23. The van der Waals surface area contributed by atoms with Gasteiger partial charge in [0.05, 0.1) is 18.2 Å². The molecule has 9 heteroatoms. The third kappa shape index (κ3) is 4.82. The molecule has 1 saturated heterocycles. The lowest BCUT2D eigenvalue weighted by atomic mass is 10.1. The van der Waals surface area contributed by atoms with Gasteiger partial charge in [-0.15, -0.1) is 0 Å². The van der Waals surface area contributed by atoms with Gasteiger partial charge >= 0.3 is 0 Å². The van der Waals surface area contributed by atoms with Crippen LogP contribution in [0.25, 0.3) is 11.4 Å². The number of hydrogen-bond donors (Lipinski definition) is 1. The lowest BCUT2D eigenvalue weighted by Crippen LogP contribution is -2.40. The Hall–Kier alpha value is -1.03. The first-order chi connectivity index (χ1) is 12.2. The quantitative estimate of drug-likeness (QED) is 0.670. The summed E-state index contributed by atoms with van der Waals surface area (Å²) in [5.41, 5.74) is 0.955. The molecule has 1 aliphatic heterocycles. The van der Waals surface area contributed by atoms with Crippen molar-refractivity contribution in [2.75, 3.05) is 18.1 Å². The van der Waals surface area contributed by atoms with E-state index in [-0.39, 0.29) is 17.5 Å². The average Bonchev–Trinajstić information content (AvgIpc) is 3.10. The average molecular weight is 459 g/mol. The molecule has 3 rings (SSSR count). The van der Waals surface area contributed by atoms with Gasteiger partial charge in [0, 0.05) is 22.6 Å². The molecule has 1 N–H and O–H groups in total. The third-order valence-electron chi connectivity index (χ3n) is 4.44. The molecule has 0 saturated carbocycles. The normalized spacial score (nSPS) is 19.5. The van der Waals surface area contributed by atoms with E-state index in [1.54, 1.807) is 0 Å². The van der Waals surface area contributed by atoms with E-state index in [1.807, 2.05) is 28.9 Å². The molecule has 0 aliphatic carbocycles. The van der Waals surface area contributed by atoms with Crippen LogP contribution in [0.5, 0.6) is 0 Å². The Morgan fingerprint density at radius 1 is 1.38 bits per heavy atom. The molecule has 1 aliphatic rings. The summed E-state index contributed by atoms with van der Waals surface area (Å²) in [7, 11) is -2.93. The SMILES string of the molecule is CC(C)CN(Cn1[nH]c(-c2ccc(Br)cc2)nc1=S)C1CCS(=O)(=O)C1. The molecule has 1 atom stereocenters. The Morgan fingerprint density at radius 3 is 2.65 bits per heavy atom. The number of nitrogens with one attached hydrogen (secondary N) is 1. The maximum Gasteiger partial charge on any atom is 0.217 e. The van der Waals surface area contributed by atoms with Crippen LogP contribution in [0, 0.1) is 10.7 Å². The minimum atomic E-state index is -2.93. The molecule has 0 amide bonds. The molecule has 2 heterocycles. The molecule has 26 heavy (non-hydrogen) atoms. The van der Waals surface area contributed by atoms with Crippen LogP contribution >= 0.6 is 28.1 Å². The monoisotopic (exact) mass is 458 g/mol. The predicted molar refractivity (Wildman–Crippen MR) is 109 cm³/mol. The number of hydrogen-bond acceptors (Lipinski definition) is 5. The van der Waals surface area contributed by atoms with Gasteiger partial charge in [-0.25, -0.2) is 13.1 Å². The highest BCUT2D eigenvalue weighted by molar-refractivity contribution is 9.10. The van der Waals surface area contributed by atoms with Gasteiger partial charge in [-0.2, -0.15) is 4.98 Å². The summed E-state index contributed by atoms with van der Waals surface area (Å²) < 4.78 is 27.1. The summed E-state index contributed by atoms with van der Waals surface area (Å²) in [6, 6.07) is 7.89. The van der Waals surface area contributed by atoms with Gasteiger partial charge < -0.3 is 0 Å². The van der Waals surface area contributed by atoms with Crippen LogP contribution in [-0.4, -0.2) is 52.2 Å². The fourth-order valence-corrected chi connectivity index (χ4v) is 5.45. The minimum absolute atomic E-state index is 0.0312. The second kappa shape index (κ2) is 7.92. The van der Waals surface area contributed by atoms with Crippen molar-refractivity contribution >= 4 is 38.0 Å². The standard InChI is InChI=1S/C17H23BrN4O2S2/c1-12(2)9-21(15-7-8-26(23,24)10-15)11-22-17(25)19-16(20-22)13-3-5-14(18)6-4-13/h3-6,12,15H,7-11H2,1-2H3,(H,19,20,25). The van der Waals surface area contributed by atoms with Gasteiger partial charge in [-0.05, 0) is 36.7 Å². The Balaban J connectivity index is 1.82. The first kappa shape index (κ1) is 19.7. The molecule has 1 unspecified atom stereocenters. The molecule has 142 valence electrons. The van der Waals surface area contributed by atoms with Crippen LogP contribution in [0.15, 0.2) is 28.7 Å². The zero-order chi connectivity index (χ0) is 18.9. The zero-order valence-electron chi connectivity index (χ0n) is 14.9. The molecule has 1 fully saturated rings. The molecular formula is C17H23BrN4O2S2. The minimum Gasteiger partial charge on any atom is -0.280 e. The van der Waals surface area contributed by atoms with Crippen LogP contribution in [0.3, 0.4) is 0 Å². The number of aromatic amines is 1. The molecule has 0 spiro atoms. The molecular weight excluding hydrogens is 436 g/mol. The summed E-state index contributed by atoms with van der Waals surface area (Å²) in [6.45, 7) is 5.60. The van der Waals surface area contributed by atoms with Crippen molar-refractivity contribution in [1.29, 1.82) is 0 Å². The largest absolute Gasteiger partial charge is 0.280 e. The Labute approximate surface area is 167 Å². The highest BCUT2D eigenvalue weighted by Crippen LogP contribution is 2.21. The lowest BCUT2D eigenvalue weighted by molar-refractivity contribution is 0.137. The van der Waals surface area contributed by atoms with Gasteiger partial charge in [-0.1, -0.05) is 41.9 Å². The fraction of sp³-hybridized carbons (Fsp3) is 0.529. The first-order valence-corrected chi connectivity index (χ1v) is 11.6. The van der Waals surface area contributed by atoms with Crippen molar-refractivity contribution < 1.29 is 8.42 Å². The Bertz CT molecular complexity index is 919. The topological polar surface area (TPSA) is 71.0 Å². The summed E-state index contributed by atoms with van der Waals surface area (Å²) >= 11 is 8.84. The highest BCUT2D eigenvalue weighted by Gasteiger charge is 2.32. The van der Waals surface area contributed by atoms with Crippen molar-refractivity contribution in [3.05, 3.63) is 33.5 Å². The van der Waals surface area contributed by atoms with Crippen LogP contribution in [0.4, 0.5) is 0 Å². The van der Waals surface area contributed by atoms with Crippen molar-refractivity contribution in [3.63, 3.8) is 0 Å². The van der Waals surface area contributed by atoms with Crippen molar-refractivity contribution in [2.24, 2.45) is 5.92 Å². The Kier molecular flexibility index (Phi) is 6.01. The maximum atomic E-state index is 11.9. The summed E-state index contributed by atoms with van der Waals surface area (Å²) in [6.07, 6.45) is 0.677. The van der Waals surface area contributed by atoms with Gasteiger partial charge in [0.15, 0.2) is 15.7 Å². The maximum absolute atomic E-state index is 11.9. The van der Waals surface area contributed by atoms with E-state index >= 15 is 0 Å². The van der Waals surface area contributed by atoms with E-state index in [2.05, 4.69) is 44.8 Å². The lowest BCUT2D eigenvalue weighted by Gasteiger charge is -2.29. The number of halogens is 1. The molecule has 1 aromatic carbocycles. The van der Waals surface area contributed by atoms with Gasteiger partial charge in [0.2, 0.25) is 4.77 Å². The van der Waals surface area contributed by atoms with E-state index in [1.165, 1.54) is 0 Å². The zero-order valence-corrected chi connectivity index (χ0v) is 18.1. The van der Waals surface area contributed by atoms with Crippen LogP contribution in [0.1, 0.15) is 20.3 Å². The van der Waals surface area contributed by atoms with Gasteiger partial charge in [0.25, 0.3) is 0 Å². The van der Waals surface area contributed by atoms with Gasteiger partial charge in [-0.3, -0.25) is 10.00 Å². The first-order valence-electron chi connectivity index (χ1n) is 8.61. The number of nitrogens with zero attached hydrogens (tertiary/aromatic N) is 3. The van der Waals surface area contributed by atoms with Crippen molar-refractivity contribution in [2.45, 2.75) is 33.0 Å². The second-order valence-electron chi connectivity index (χ2n) is 7.15. The van der Waals surface area contributed by atoms with Crippen LogP contribution in [-0.2, 0) is 16.5 Å². The third-order valence-corrected chi connectivity index (χ3v) is 7.04. The summed E-state index contributed by atoms with van der Waals surface area (Å²) in [5, 5.41) is 3.26. The van der Waals surface area contributed by atoms with Crippen LogP contribution < -0.4 is 0 Å². The molecule has 2 aromatic rings. The molecule has 0 bridgehead atoms. The smallest absolute Gasteiger partial charge is 0.217 e. The highest BCUT2D eigenvalue weighted by atomic mass is 79.9. The number of sulfone groups is 1. The van der Waals surface area contributed by atoms with E-state index in [0.717, 1.165) is 16.6 Å². The van der Waals surface area contributed by atoms with Crippen molar-refractivity contribution in [3.8, 4) is 11.4 Å². The van der Waals surface area contributed by atoms with Crippen molar-refractivity contribution in [1.82, 2.24) is 19.7 Å². The molecule has 6 nitrogen and oxygen atoms in total. The number of H-pyrrole nitrogens is 1. The summed E-state index contributed by atoms with van der Waals surface area (Å²) in [5.74, 6) is 1.64.